The summed E-state index contributed by atoms with van der Waals surface area (Å²) in [5, 5.41) is 0. The van der Waals surface area contributed by atoms with Crippen molar-refractivity contribution in [3.05, 3.63) is 24.3 Å². The van der Waals surface area contributed by atoms with E-state index in [9.17, 15) is 4.79 Å². The van der Waals surface area contributed by atoms with Crippen LogP contribution in [0.25, 0.3) is 0 Å². The molecular formula is C16H23NO3. The molecule has 0 amide bonds. The molecule has 2 rings (SSSR count). The molecular weight excluding hydrogens is 254 g/mol. The fourth-order valence-electron chi connectivity index (χ4n) is 2.46. The van der Waals surface area contributed by atoms with Crippen molar-refractivity contribution < 1.29 is 14.3 Å². The van der Waals surface area contributed by atoms with Gasteiger partial charge in [0, 0.05) is 11.8 Å². The second-order valence-electron chi connectivity index (χ2n) is 6.21. The predicted octanol–water partition coefficient (Wildman–Crippen LogP) is 3.16. The third kappa shape index (κ3) is 4.44. The number of ether oxygens (including phenoxy) is 2. The number of carbonyl (C=O) groups is 1. The van der Waals surface area contributed by atoms with Gasteiger partial charge in [-0.15, -0.1) is 0 Å². The first kappa shape index (κ1) is 14.7. The second kappa shape index (κ2) is 6.16. The number of anilines is 1. The van der Waals surface area contributed by atoms with Crippen LogP contribution in [0.2, 0.25) is 0 Å². The van der Waals surface area contributed by atoms with Crippen LogP contribution in [0.1, 0.15) is 39.5 Å². The van der Waals surface area contributed by atoms with E-state index in [-0.39, 0.29) is 18.7 Å². The zero-order valence-corrected chi connectivity index (χ0v) is 12.2. The van der Waals surface area contributed by atoms with E-state index >= 15 is 0 Å². The number of hydrogen-bond donors (Lipinski definition) is 1. The molecule has 1 saturated carbocycles. The van der Waals surface area contributed by atoms with Crippen LogP contribution in [0.3, 0.4) is 0 Å². The number of rotatable bonds is 4. The van der Waals surface area contributed by atoms with Gasteiger partial charge in [0.1, 0.15) is 11.9 Å². The molecule has 0 aliphatic heterocycles. The third-order valence-corrected chi connectivity index (χ3v) is 3.80. The summed E-state index contributed by atoms with van der Waals surface area (Å²) in [6.07, 6.45) is 4.12. The Morgan fingerprint density at radius 2 is 2.05 bits per heavy atom. The molecule has 1 fully saturated rings. The summed E-state index contributed by atoms with van der Waals surface area (Å²) in [5.74, 6) is 0.281. The lowest BCUT2D eigenvalue weighted by Crippen LogP contribution is -2.30. The SMILES string of the molecule is CC1(C)CCC(OC(=O)COc2cccc(N)c2)CC1. The summed E-state index contributed by atoms with van der Waals surface area (Å²) < 4.78 is 10.8. The van der Waals surface area contributed by atoms with Crippen LogP contribution in [0.4, 0.5) is 5.69 Å². The van der Waals surface area contributed by atoms with Crippen molar-refractivity contribution in [2.75, 3.05) is 12.3 Å². The summed E-state index contributed by atoms with van der Waals surface area (Å²) in [4.78, 5) is 11.8. The Bertz CT molecular complexity index is 461. The molecule has 0 saturated heterocycles. The number of hydrogen-bond acceptors (Lipinski definition) is 4. The van der Waals surface area contributed by atoms with Crippen LogP contribution < -0.4 is 10.5 Å². The Labute approximate surface area is 120 Å². The molecule has 0 heterocycles. The summed E-state index contributed by atoms with van der Waals surface area (Å²) in [5.41, 5.74) is 6.64. The van der Waals surface area contributed by atoms with Crippen LogP contribution in [-0.4, -0.2) is 18.7 Å². The van der Waals surface area contributed by atoms with Gasteiger partial charge >= 0.3 is 5.97 Å². The van der Waals surface area contributed by atoms with Crippen molar-refractivity contribution in [3.8, 4) is 5.75 Å². The Balaban J connectivity index is 1.73. The van der Waals surface area contributed by atoms with Gasteiger partial charge < -0.3 is 15.2 Å². The van der Waals surface area contributed by atoms with Gasteiger partial charge in [0.05, 0.1) is 0 Å². The van der Waals surface area contributed by atoms with Crippen LogP contribution in [0, 0.1) is 5.41 Å². The van der Waals surface area contributed by atoms with Crippen molar-refractivity contribution in [2.24, 2.45) is 5.41 Å². The topological polar surface area (TPSA) is 61.5 Å². The zero-order valence-electron chi connectivity index (χ0n) is 12.2. The Kier molecular flexibility index (Phi) is 4.53. The quantitative estimate of drug-likeness (QED) is 0.678. The van der Waals surface area contributed by atoms with E-state index in [1.807, 2.05) is 0 Å². The maximum atomic E-state index is 11.8. The molecule has 0 bridgehead atoms. The fraction of sp³-hybridized carbons (Fsp3) is 0.562. The van der Waals surface area contributed by atoms with Gasteiger partial charge in [0.15, 0.2) is 6.61 Å². The van der Waals surface area contributed by atoms with E-state index in [2.05, 4.69) is 13.8 Å². The van der Waals surface area contributed by atoms with Crippen molar-refractivity contribution in [1.82, 2.24) is 0 Å². The zero-order chi connectivity index (χ0) is 14.6. The molecule has 1 aromatic carbocycles. The molecule has 20 heavy (non-hydrogen) atoms. The minimum Gasteiger partial charge on any atom is -0.482 e. The monoisotopic (exact) mass is 277 g/mol. The normalized spacial score (nSPS) is 18.5. The molecule has 0 unspecified atom stereocenters. The molecule has 1 aliphatic rings. The highest BCUT2D eigenvalue weighted by atomic mass is 16.6. The van der Waals surface area contributed by atoms with Gasteiger partial charge in [-0.1, -0.05) is 19.9 Å². The molecule has 2 N–H and O–H groups in total. The molecule has 1 aliphatic carbocycles. The Hall–Kier alpha value is -1.71. The first-order valence-electron chi connectivity index (χ1n) is 7.12. The average molecular weight is 277 g/mol. The Morgan fingerprint density at radius 1 is 1.35 bits per heavy atom. The van der Waals surface area contributed by atoms with Crippen LogP contribution in [0.15, 0.2) is 24.3 Å². The number of benzene rings is 1. The summed E-state index contributed by atoms with van der Waals surface area (Å²) >= 11 is 0. The lowest BCUT2D eigenvalue weighted by atomic mass is 9.76. The fourth-order valence-corrected chi connectivity index (χ4v) is 2.46. The van der Waals surface area contributed by atoms with E-state index in [1.54, 1.807) is 24.3 Å². The molecule has 4 nitrogen and oxygen atoms in total. The van der Waals surface area contributed by atoms with Gasteiger partial charge in [0.2, 0.25) is 0 Å². The third-order valence-electron chi connectivity index (χ3n) is 3.80. The summed E-state index contributed by atoms with van der Waals surface area (Å²) in [6, 6.07) is 7.03. The van der Waals surface area contributed by atoms with Crippen molar-refractivity contribution >= 4 is 11.7 Å². The standard InChI is InChI=1S/C16H23NO3/c1-16(2)8-6-13(7-9-16)20-15(18)11-19-14-5-3-4-12(17)10-14/h3-5,10,13H,6-9,11,17H2,1-2H3. The van der Waals surface area contributed by atoms with E-state index in [0.717, 1.165) is 25.7 Å². The maximum absolute atomic E-state index is 11.8. The first-order chi connectivity index (χ1) is 9.44. The van der Waals surface area contributed by atoms with Gasteiger partial charge in [-0.25, -0.2) is 4.79 Å². The highest BCUT2D eigenvalue weighted by Crippen LogP contribution is 2.36. The predicted molar refractivity (Wildman–Crippen MR) is 78.5 cm³/mol. The Morgan fingerprint density at radius 3 is 2.70 bits per heavy atom. The minimum absolute atomic E-state index is 0.0416. The van der Waals surface area contributed by atoms with Crippen molar-refractivity contribution in [1.29, 1.82) is 0 Å². The van der Waals surface area contributed by atoms with Gasteiger partial charge in [-0.05, 0) is 43.2 Å². The molecule has 0 aromatic heterocycles. The minimum atomic E-state index is -0.308. The van der Waals surface area contributed by atoms with Crippen molar-refractivity contribution in [3.63, 3.8) is 0 Å². The van der Waals surface area contributed by atoms with Crippen molar-refractivity contribution in [2.45, 2.75) is 45.6 Å². The smallest absolute Gasteiger partial charge is 0.344 e. The number of carbonyl (C=O) groups excluding carboxylic acids is 1. The van der Waals surface area contributed by atoms with Crippen LogP contribution in [-0.2, 0) is 9.53 Å². The van der Waals surface area contributed by atoms with Gasteiger partial charge in [-0.2, -0.15) is 0 Å². The molecule has 4 heteroatoms. The lowest BCUT2D eigenvalue weighted by molar-refractivity contribution is -0.154. The van der Waals surface area contributed by atoms with Gasteiger partial charge in [-0.3, -0.25) is 0 Å². The van der Waals surface area contributed by atoms with E-state index in [0.29, 0.717) is 16.9 Å². The van der Waals surface area contributed by atoms with Crippen LogP contribution in [0.5, 0.6) is 5.75 Å². The molecule has 0 atom stereocenters. The summed E-state index contributed by atoms with van der Waals surface area (Å²) in [7, 11) is 0. The number of esters is 1. The summed E-state index contributed by atoms with van der Waals surface area (Å²) in [6.45, 7) is 4.45. The first-order valence-corrected chi connectivity index (χ1v) is 7.12. The molecule has 0 spiro atoms. The highest BCUT2D eigenvalue weighted by Gasteiger charge is 2.28. The highest BCUT2D eigenvalue weighted by molar-refractivity contribution is 5.71. The maximum Gasteiger partial charge on any atom is 0.344 e. The largest absolute Gasteiger partial charge is 0.482 e. The average Bonchev–Trinajstić information content (AvgIpc) is 2.39. The van der Waals surface area contributed by atoms with Crippen LogP contribution >= 0.6 is 0 Å². The number of nitrogens with two attached hydrogens (primary N) is 1. The van der Waals surface area contributed by atoms with E-state index in [4.69, 9.17) is 15.2 Å². The van der Waals surface area contributed by atoms with E-state index in [1.165, 1.54) is 0 Å². The lowest BCUT2D eigenvalue weighted by Gasteiger charge is -2.33. The molecule has 110 valence electrons. The van der Waals surface area contributed by atoms with E-state index < -0.39 is 0 Å². The second-order valence-corrected chi connectivity index (χ2v) is 6.21. The molecule has 0 radical (unpaired) electrons. The van der Waals surface area contributed by atoms with Gasteiger partial charge in [0.25, 0.3) is 0 Å². The molecule has 1 aromatic rings. The number of nitrogen functional groups attached to an aromatic ring is 1.